The van der Waals surface area contributed by atoms with E-state index in [1.54, 1.807) is 0 Å². The van der Waals surface area contributed by atoms with Gasteiger partial charge in [0.2, 0.25) is 0 Å². The van der Waals surface area contributed by atoms with Crippen molar-refractivity contribution in [2.45, 2.75) is 52.3 Å². The largest absolute Gasteiger partial charge is 0.463 e. The monoisotopic (exact) mass is 270 g/mol. The highest BCUT2D eigenvalue weighted by Crippen LogP contribution is 2.15. The number of halogens is 1. The summed E-state index contributed by atoms with van der Waals surface area (Å²) in [4.78, 5) is 8.55. The first kappa shape index (κ1) is 15.2. The third kappa shape index (κ3) is 5.21. The first-order valence-electron chi connectivity index (χ1n) is 6.72. The van der Waals surface area contributed by atoms with Crippen molar-refractivity contribution in [3.63, 3.8) is 0 Å². The maximum absolute atomic E-state index is 5.78. The van der Waals surface area contributed by atoms with Gasteiger partial charge in [-0.05, 0) is 25.3 Å². The van der Waals surface area contributed by atoms with Gasteiger partial charge in [0.25, 0.3) is 0 Å². The van der Waals surface area contributed by atoms with Crippen molar-refractivity contribution >= 4 is 11.6 Å². The third-order valence-electron chi connectivity index (χ3n) is 3.02. The molecule has 3 nitrogen and oxygen atoms in total. The molecule has 0 aliphatic carbocycles. The molecule has 0 aliphatic rings. The molecular formula is C14H23ClN2O. The van der Waals surface area contributed by atoms with Crippen LogP contribution in [-0.2, 0) is 5.88 Å². The number of hydrogen-bond donors (Lipinski definition) is 0. The maximum atomic E-state index is 5.78. The number of unbranched alkanes of at least 4 members (excludes halogenated alkanes) is 1. The topological polar surface area (TPSA) is 35.0 Å². The van der Waals surface area contributed by atoms with E-state index in [-0.39, 0.29) is 0 Å². The Hall–Kier alpha value is -0.830. The zero-order chi connectivity index (χ0) is 13.4. The molecule has 1 aromatic rings. The Morgan fingerprint density at radius 1 is 1.33 bits per heavy atom. The van der Waals surface area contributed by atoms with Gasteiger partial charge in [0.1, 0.15) is 0 Å². The van der Waals surface area contributed by atoms with E-state index < -0.39 is 0 Å². The van der Waals surface area contributed by atoms with Gasteiger partial charge in [0, 0.05) is 5.69 Å². The minimum absolute atomic E-state index is 0.396. The standard InChI is InChI=1S/C14H23ClN2O/c1-4-6-7-12(5-2)10-18-14-16-11(3)8-13(9-15)17-14/h8,12H,4-7,9-10H2,1-3H3. The van der Waals surface area contributed by atoms with Gasteiger partial charge < -0.3 is 4.74 Å². The Labute approximate surface area is 115 Å². The highest BCUT2D eigenvalue weighted by molar-refractivity contribution is 6.16. The van der Waals surface area contributed by atoms with E-state index in [9.17, 15) is 0 Å². The van der Waals surface area contributed by atoms with E-state index in [4.69, 9.17) is 16.3 Å². The number of alkyl halides is 1. The third-order valence-corrected chi connectivity index (χ3v) is 3.29. The molecule has 0 aromatic carbocycles. The molecule has 0 spiro atoms. The summed E-state index contributed by atoms with van der Waals surface area (Å²) in [6.07, 6.45) is 4.83. The second-order valence-corrected chi connectivity index (χ2v) is 4.91. The number of rotatable bonds is 8. The normalized spacial score (nSPS) is 12.4. The second kappa shape index (κ2) is 8.30. The molecule has 1 unspecified atom stereocenters. The Morgan fingerprint density at radius 3 is 2.72 bits per heavy atom. The molecule has 1 rings (SSSR count). The fourth-order valence-corrected chi connectivity index (χ4v) is 1.96. The van der Waals surface area contributed by atoms with Crippen LogP contribution in [0.5, 0.6) is 6.01 Å². The Morgan fingerprint density at radius 2 is 2.11 bits per heavy atom. The first-order valence-corrected chi connectivity index (χ1v) is 7.26. The average molecular weight is 271 g/mol. The zero-order valence-corrected chi connectivity index (χ0v) is 12.3. The molecular weight excluding hydrogens is 248 g/mol. The molecule has 18 heavy (non-hydrogen) atoms. The maximum Gasteiger partial charge on any atom is 0.316 e. The van der Waals surface area contributed by atoms with Crippen molar-refractivity contribution < 1.29 is 4.74 Å². The molecule has 0 N–H and O–H groups in total. The number of aromatic nitrogens is 2. The van der Waals surface area contributed by atoms with Gasteiger partial charge in [-0.1, -0.05) is 33.1 Å². The summed E-state index contributed by atoms with van der Waals surface area (Å²) in [7, 11) is 0. The van der Waals surface area contributed by atoms with E-state index in [1.165, 1.54) is 19.3 Å². The predicted octanol–water partition coefficient (Wildman–Crippen LogP) is 4.12. The smallest absolute Gasteiger partial charge is 0.316 e. The molecule has 1 atom stereocenters. The van der Waals surface area contributed by atoms with Crippen LogP contribution in [0.2, 0.25) is 0 Å². The van der Waals surface area contributed by atoms with Crippen LogP contribution < -0.4 is 4.74 Å². The average Bonchev–Trinajstić information content (AvgIpc) is 2.38. The van der Waals surface area contributed by atoms with E-state index in [0.29, 0.717) is 24.4 Å². The lowest BCUT2D eigenvalue weighted by Crippen LogP contribution is -2.13. The van der Waals surface area contributed by atoms with Crippen LogP contribution in [0.25, 0.3) is 0 Å². The van der Waals surface area contributed by atoms with E-state index in [1.807, 2.05) is 13.0 Å². The second-order valence-electron chi connectivity index (χ2n) is 4.64. The minimum atomic E-state index is 0.396. The lowest BCUT2D eigenvalue weighted by Gasteiger charge is -2.14. The number of ether oxygens (including phenoxy) is 1. The van der Waals surface area contributed by atoms with Crippen molar-refractivity contribution in [3.8, 4) is 6.01 Å². The van der Waals surface area contributed by atoms with Gasteiger partial charge >= 0.3 is 6.01 Å². The Kier molecular flexibility index (Phi) is 7.02. The summed E-state index contributed by atoms with van der Waals surface area (Å²) in [6, 6.07) is 2.34. The first-order chi connectivity index (χ1) is 8.69. The van der Waals surface area contributed by atoms with Crippen molar-refractivity contribution in [1.82, 2.24) is 9.97 Å². The number of hydrogen-bond acceptors (Lipinski definition) is 3. The van der Waals surface area contributed by atoms with Crippen LogP contribution >= 0.6 is 11.6 Å². The van der Waals surface area contributed by atoms with E-state index in [0.717, 1.165) is 17.8 Å². The van der Waals surface area contributed by atoms with Gasteiger partial charge in [-0.15, -0.1) is 11.6 Å². The van der Waals surface area contributed by atoms with E-state index in [2.05, 4.69) is 23.8 Å². The van der Waals surface area contributed by atoms with Crippen LogP contribution in [-0.4, -0.2) is 16.6 Å². The molecule has 1 heterocycles. The zero-order valence-electron chi connectivity index (χ0n) is 11.6. The fourth-order valence-electron chi connectivity index (χ4n) is 1.83. The lowest BCUT2D eigenvalue weighted by molar-refractivity contribution is 0.217. The lowest BCUT2D eigenvalue weighted by atomic mass is 10.0. The molecule has 0 radical (unpaired) electrons. The highest BCUT2D eigenvalue weighted by Gasteiger charge is 2.09. The highest BCUT2D eigenvalue weighted by atomic mass is 35.5. The van der Waals surface area contributed by atoms with Crippen molar-refractivity contribution in [3.05, 3.63) is 17.5 Å². The van der Waals surface area contributed by atoms with Crippen LogP contribution in [0.4, 0.5) is 0 Å². The summed E-state index contributed by atoms with van der Waals surface area (Å²) in [5, 5.41) is 0. The van der Waals surface area contributed by atoms with Crippen LogP contribution in [0.15, 0.2) is 6.07 Å². The van der Waals surface area contributed by atoms with Crippen molar-refractivity contribution in [2.24, 2.45) is 5.92 Å². The van der Waals surface area contributed by atoms with E-state index >= 15 is 0 Å². The van der Waals surface area contributed by atoms with Crippen LogP contribution in [0.3, 0.4) is 0 Å². The Balaban J connectivity index is 2.53. The van der Waals surface area contributed by atoms with Gasteiger partial charge in [0.05, 0.1) is 18.2 Å². The van der Waals surface area contributed by atoms with Gasteiger partial charge in [-0.25, -0.2) is 4.98 Å². The molecule has 4 heteroatoms. The molecule has 0 saturated heterocycles. The molecule has 0 saturated carbocycles. The number of nitrogens with zero attached hydrogens (tertiary/aromatic N) is 2. The van der Waals surface area contributed by atoms with Gasteiger partial charge in [0.15, 0.2) is 0 Å². The van der Waals surface area contributed by atoms with Crippen molar-refractivity contribution in [1.29, 1.82) is 0 Å². The SMILES string of the molecule is CCCCC(CC)COc1nc(C)cc(CCl)n1. The Bertz CT molecular complexity index is 358. The summed E-state index contributed by atoms with van der Waals surface area (Å²) in [6.45, 7) is 7.04. The predicted molar refractivity (Wildman–Crippen MR) is 75.1 cm³/mol. The van der Waals surface area contributed by atoms with Gasteiger partial charge in [-0.3, -0.25) is 0 Å². The molecule has 0 aliphatic heterocycles. The molecule has 0 amide bonds. The van der Waals surface area contributed by atoms with Crippen LogP contribution in [0, 0.1) is 12.8 Å². The molecule has 102 valence electrons. The minimum Gasteiger partial charge on any atom is -0.463 e. The summed E-state index contributed by atoms with van der Waals surface area (Å²) < 4.78 is 5.70. The summed E-state index contributed by atoms with van der Waals surface area (Å²) >= 11 is 5.78. The summed E-state index contributed by atoms with van der Waals surface area (Å²) in [5.41, 5.74) is 1.72. The van der Waals surface area contributed by atoms with Gasteiger partial charge in [-0.2, -0.15) is 4.98 Å². The molecule has 0 bridgehead atoms. The summed E-state index contributed by atoms with van der Waals surface area (Å²) in [5.74, 6) is 0.987. The fraction of sp³-hybridized carbons (Fsp3) is 0.714. The van der Waals surface area contributed by atoms with Crippen molar-refractivity contribution in [2.75, 3.05) is 6.61 Å². The number of aryl methyl sites for hydroxylation is 1. The quantitative estimate of drug-likeness (QED) is 0.667. The molecule has 0 fully saturated rings. The van der Waals surface area contributed by atoms with Crippen LogP contribution in [0.1, 0.15) is 50.9 Å². The molecule has 1 aromatic heterocycles.